The molecule has 21 heavy (non-hydrogen) atoms. The minimum absolute atomic E-state index is 0.288. The number of nitrogens with zero attached hydrogens (tertiary/aromatic N) is 4. The average molecular weight is 304 g/mol. The van der Waals surface area contributed by atoms with Crippen LogP contribution in [0, 0.1) is 5.82 Å². The highest BCUT2D eigenvalue weighted by molar-refractivity contribution is 6.30. The number of anilines is 1. The number of tetrazole rings is 1. The summed E-state index contributed by atoms with van der Waals surface area (Å²) in [6, 6.07) is 12.0. The van der Waals surface area contributed by atoms with Gasteiger partial charge in [-0.15, -0.1) is 5.10 Å². The van der Waals surface area contributed by atoms with Crippen LogP contribution in [0.5, 0.6) is 0 Å². The SMILES string of the molecule is Fc1ccc(Cl)cc1CNc1cccc(-n2cnnn2)c1. The molecule has 106 valence electrons. The van der Waals surface area contributed by atoms with Crippen LogP contribution < -0.4 is 5.32 Å². The lowest BCUT2D eigenvalue weighted by Crippen LogP contribution is -2.03. The largest absolute Gasteiger partial charge is 0.381 e. The van der Waals surface area contributed by atoms with Crippen LogP contribution >= 0.6 is 11.6 Å². The molecule has 0 amide bonds. The van der Waals surface area contributed by atoms with E-state index in [-0.39, 0.29) is 5.82 Å². The Hall–Kier alpha value is -2.47. The summed E-state index contributed by atoms with van der Waals surface area (Å²) in [5, 5.41) is 14.7. The third-order valence-corrected chi connectivity index (χ3v) is 3.19. The molecule has 7 heteroatoms. The second-order valence-corrected chi connectivity index (χ2v) is 4.83. The van der Waals surface area contributed by atoms with Crippen LogP contribution in [0.2, 0.25) is 5.02 Å². The molecule has 0 aliphatic heterocycles. The molecule has 0 atom stereocenters. The molecule has 0 spiro atoms. The molecule has 1 aromatic heterocycles. The third-order valence-electron chi connectivity index (χ3n) is 2.95. The normalized spacial score (nSPS) is 10.6. The van der Waals surface area contributed by atoms with Gasteiger partial charge in [-0.3, -0.25) is 0 Å². The van der Waals surface area contributed by atoms with Gasteiger partial charge in [-0.25, -0.2) is 9.07 Å². The Bertz CT molecular complexity index is 745. The van der Waals surface area contributed by atoms with Crippen LogP contribution in [0.3, 0.4) is 0 Å². The van der Waals surface area contributed by atoms with E-state index in [0.717, 1.165) is 11.4 Å². The molecule has 0 aliphatic rings. The van der Waals surface area contributed by atoms with Crippen LogP contribution in [0.1, 0.15) is 5.56 Å². The van der Waals surface area contributed by atoms with Gasteiger partial charge in [-0.1, -0.05) is 17.7 Å². The maximum atomic E-state index is 13.6. The summed E-state index contributed by atoms with van der Waals surface area (Å²) in [5.41, 5.74) is 2.16. The Labute approximate surface area is 125 Å². The molecule has 3 aromatic rings. The molecule has 0 saturated heterocycles. The minimum atomic E-state index is -0.288. The number of benzene rings is 2. The van der Waals surface area contributed by atoms with Crippen molar-refractivity contribution in [3.8, 4) is 5.69 Å². The van der Waals surface area contributed by atoms with Gasteiger partial charge >= 0.3 is 0 Å². The molecule has 0 bridgehead atoms. The van der Waals surface area contributed by atoms with Gasteiger partial charge in [0.15, 0.2) is 0 Å². The van der Waals surface area contributed by atoms with Gasteiger partial charge in [0.25, 0.3) is 0 Å². The van der Waals surface area contributed by atoms with Crippen molar-refractivity contribution in [2.45, 2.75) is 6.54 Å². The topological polar surface area (TPSA) is 55.6 Å². The first-order valence-corrected chi connectivity index (χ1v) is 6.61. The van der Waals surface area contributed by atoms with E-state index in [1.807, 2.05) is 24.3 Å². The number of nitrogens with one attached hydrogen (secondary N) is 1. The van der Waals surface area contributed by atoms with Crippen molar-refractivity contribution in [3.05, 3.63) is 65.2 Å². The number of hydrogen-bond donors (Lipinski definition) is 1. The standard InChI is InChI=1S/C14H11ClFN5/c15-11-4-5-14(16)10(6-11)8-17-12-2-1-3-13(7-12)21-9-18-19-20-21/h1-7,9,17H,8H2. The van der Waals surface area contributed by atoms with Gasteiger partial charge in [0.1, 0.15) is 12.1 Å². The van der Waals surface area contributed by atoms with Crippen molar-refractivity contribution in [3.63, 3.8) is 0 Å². The molecule has 0 aliphatic carbocycles. The zero-order valence-corrected chi connectivity index (χ0v) is 11.6. The smallest absolute Gasteiger partial charge is 0.143 e. The maximum Gasteiger partial charge on any atom is 0.143 e. The second-order valence-electron chi connectivity index (χ2n) is 4.39. The molecule has 5 nitrogen and oxygen atoms in total. The molecular weight excluding hydrogens is 293 g/mol. The van der Waals surface area contributed by atoms with Crippen molar-refractivity contribution >= 4 is 17.3 Å². The highest BCUT2D eigenvalue weighted by Gasteiger charge is 2.04. The molecule has 0 saturated carbocycles. The first kappa shape index (κ1) is 13.5. The number of halogens is 2. The Kier molecular flexibility index (Phi) is 3.79. The summed E-state index contributed by atoms with van der Waals surface area (Å²) >= 11 is 5.87. The van der Waals surface area contributed by atoms with E-state index in [1.165, 1.54) is 18.5 Å². The fraction of sp³-hybridized carbons (Fsp3) is 0.0714. The Morgan fingerprint density at radius 2 is 2.10 bits per heavy atom. The van der Waals surface area contributed by atoms with Crippen molar-refractivity contribution in [1.29, 1.82) is 0 Å². The average Bonchev–Trinajstić information content (AvgIpc) is 3.03. The zero-order chi connectivity index (χ0) is 14.7. The molecule has 3 rings (SSSR count). The van der Waals surface area contributed by atoms with E-state index in [0.29, 0.717) is 17.1 Å². The number of rotatable bonds is 4. The van der Waals surface area contributed by atoms with E-state index < -0.39 is 0 Å². The van der Waals surface area contributed by atoms with Gasteiger partial charge < -0.3 is 5.32 Å². The summed E-state index contributed by atoms with van der Waals surface area (Å²) in [4.78, 5) is 0. The van der Waals surface area contributed by atoms with Crippen molar-refractivity contribution in [2.75, 3.05) is 5.32 Å². The second kappa shape index (κ2) is 5.88. The van der Waals surface area contributed by atoms with E-state index >= 15 is 0 Å². The lowest BCUT2D eigenvalue weighted by atomic mass is 10.2. The van der Waals surface area contributed by atoms with Crippen LogP contribution in [0.25, 0.3) is 5.69 Å². The van der Waals surface area contributed by atoms with Gasteiger partial charge in [0.2, 0.25) is 0 Å². The molecule has 0 unspecified atom stereocenters. The zero-order valence-electron chi connectivity index (χ0n) is 10.9. The monoisotopic (exact) mass is 303 g/mol. The highest BCUT2D eigenvalue weighted by atomic mass is 35.5. The minimum Gasteiger partial charge on any atom is -0.381 e. The van der Waals surface area contributed by atoms with Crippen LogP contribution in [0.4, 0.5) is 10.1 Å². The highest BCUT2D eigenvalue weighted by Crippen LogP contribution is 2.18. The summed E-state index contributed by atoms with van der Waals surface area (Å²) in [6.45, 7) is 0.339. The van der Waals surface area contributed by atoms with Crippen LogP contribution in [0.15, 0.2) is 48.8 Å². The van der Waals surface area contributed by atoms with Gasteiger partial charge in [-0.2, -0.15) is 0 Å². The molecule has 1 heterocycles. The summed E-state index contributed by atoms with van der Waals surface area (Å²) in [5.74, 6) is -0.288. The third kappa shape index (κ3) is 3.17. The fourth-order valence-electron chi connectivity index (χ4n) is 1.91. The summed E-state index contributed by atoms with van der Waals surface area (Å²) in [7, 11) is 0. The molecule has 0 fully saturated rings. The van der Waals surface area contributed by atoms with E-state index in [1.54, 1.807) is 10.7 Å². The van der Waals surface area contributed by atoms with Gasteiger partial charge in [0, 0.05) is 22.8 Å². The molecule has 1 N–H and O–H groups in total. The summed E-state index contributed by atoms with van der Waals surface area (Å²) in [6.07, 6.45) is 1.51. The Morgan fingerprint density at radius 1 is 1.19 bits per heavy atom. The predicted octanol–water partition coefficient (Wildman–Crippen LogP) is 3.07. The lowest BCUT2D eigenvalue weighted by Gasteiger charge is -2.09. The number of hydrogen-bond acceptors (Lipinski definition) is 4. The molecular formula is C14H11ClFN5. The predicted molar refractivity (Wildman–Crippen MR) is 77.9 cm³/mol. The van der Waals surface area contributed by atoms with Crippen molar-refractivity contribution < 1.29 is 4.39 Å². The van der Waals surface area contributed by atoms with Crippen LogP contribution in [-0.4, -0.2) is 20.2 Å². The van der Waals surface area contributed by atoms with E-state index in [4.69, 9.17) is 11.6 Å². The fourth-order valence-corrected chi connectivity index (χ4v) is 2.11. The van der Waals surface area contributed by atoms with Crippen molar-refractivity contribution in [2.24, 2.45) is 0 Å². The van der Waals surface area contributed by atoms with Crippen LogP contribution in [-0.2, 0) is 6.54 Å². The van der Waals surface area contributed by atoms with Gasteiger partial charge in [-0.05, 0) is 46.8 Å². The molecule has 0 radical (unpaired) electrons. The van der Waals surface area contributed by atoms with E-state index in [2.05, 4.69) is 20.8 Å². The quantitative estimate of drug-likeness (QED) is 0.805. The first-order valence-electron chi connectivity index (χ1n) is 6.23. The lowest BCUT2D eigenvalue weighted by molar-refractivity contribution is 0.613. The molecule has 2 aromatic carbocycles. The maximum absolute atomic E-state index is 13.6. The van der Waals surface area contributed by atoms with Gasteiger partial charge in [0.05, 0.1) is 5.69 Å². The first-order chi connectivity index (χ1) is 10.2. The van der Waals surface area contributed by atoms with Crippen molar-refractivity contribution in [1.82, 2.24) is 20.2 Å². The number of aromatic nitrogens is 4. The Morgan fingerprint density at radius 3 is 2.90 bits per heavy atom. The Balaban J connectivity index is 1.76. The summed E-state index contributed by atoms with van der Waals surface area (Å²) < 4.78 is 15.2. The van der Waals surface area contributed by atoms with E-state index in [9.17, 15) is 4.39 Å².